The number of hydrogen-bond acceptors (Lipinski definition) is 5. The van der Waals surface area contributed by atoms with Gasteiger partial charge in [-0.05, 0) is 43.2 Å². The Labute approximate surface area is 149 Å². The number of hydrazone groups is 1. The lowest BCUT2D eigenvalue weighted by molar-refractivity contribution is -0.384. The van der Waals surface area contributed by atoms with Gasteiger partial charge in [-0.2, -0.15) is 5.10 Å². The highest BCUT2D eigenvalue weighted by Gasteiger charge is 2.11. The van der Waals surface area contributed by atoms with E-state index in [2.05, 4.69) is 15.8 Å². The molecular weight excluding hydrogens is 344 g/mol. The molecule has 0 spiro atoms. The molecule has 2 N–H and O–H groups in total. The van der Waals surface area contributed by atoms with Gasteiger partial charge in [-0.25, -0.2) is 5.43 Å². The monoisotopic (exact) mass is 360 g/mol. The van der Waals surface area contributed by atoms with Crippen molar-refractivity contribution >= 4 is 35.1 Å². The second-order valence-corrected chi connectivity index (χ2v) is 5.82. The zero-order chi connectivity index (χ0) is 18.4. The topological polar surface area (TPSA) is 96.6 Å². The fourth-order valence-corrected chi connectivity index (χ4v) is 2.19. The summed E-state index contributed by atoms with van der Waals surface area (Å²) in [4.78, 5) is 22.0. The molecule has 0 aromatic heterocycles. The Morgan fingerprint density at radius 2 is 2.00 bits per heavy atom. The number of aryl methyl sites for hydroxylation is 2. The maximum atomic E-state index is 11.8. The summed E-state index contributed by atoms with van der Waals surface area (Å²) in [6.45, 7) is 4.07. The number of amides is 1. The van der Waals surface area contributed by atoms with Crippen LogP contribution in [0.4, 0.5) is 11.4 Å². The lowest BCUT2D eigenvalue weighted by Gasteiger charge is -2.07. The van der Waals surface area contributed by atoms with Crippen molar-refractivity contribution in [3.63, 3.8) is 0 Å². The number of nitrogens with zero attached hydrogens (tertiary/aromatic N) is 2. The van der Waals surface area contributed by atoms with Gasteiger partial charge in [0.05, 0.1) is 17.7 Å². The molecule has 25 heavy (non-hydrogen) atoms. The van der Waals surface area contributed by atoms with E-state index in [4.69, 9.17) is 11.6 Å². The van der Waals surface area contributed by atoms with E-state index in [9.17, 15) is 14.9 Å². The minimum absolute atomic E-state index is 0.0452. The average molecular weight is 361 g/mol. The van der Waals surface area contributed by atoms with E-state index in [0.29, 0.717) is 5.56 Å². The molecule has 0 radical (unpaired) electrons. The van der Waals surface area contributed by atoms with E-state index < -0.39 is 4.92 Å². The van der Waals surface area contributed by atoms with Crippen LogP contribution in [0.1, 0.15) is 16.7 Å². The summed E-state index contributed by atoms with van der Waals surface area (Å²) >= 11 is 5.73. The van der Waals surface area contributed by atoms with Crippen molar-refractivity contribution < 1.29 is 9.72 Å². The second kappa shape index (κ2) is 8.25. The van der Waals surface area contributed by atoms with Gasteiger partial charge in [-0.1, -0.05) is 23.7 Å². The Morgan fingerprint density at radius 1 is 1.24 bits per heavy atom. The Bertz CT molecular complexity index is 837. The summed E-state index contributed by atoms with van der Waals surface area (Å²) in [6.07, 6.45) is 1.32. The number of nitrogens with one attached hydrogen (secondary N) is 2. The third-order valence-corrected chi connectivity index (χ3v) is 3.85. The first kappa shape index (κ1) is 18.4. The number of benzene rings is 2. The molecule has 0 aliphatic rings. The van der Waals surface area contributed by atoms with Crippen LogP contribution in [0.2, 0.25) is 5.02 Å². The van der Waals surface area contributed by atoms with Crippen LogP contribution in [0.5, 0.6) is 0 Å². The molecule has 0 unspecified atom stereocenters. The maximum absolute atomic E-state index is 11.8. The van der Waals surface area contributed by atoms with Crippen molar-refractivity contribution in [2.24, 2.45) is 5.10 Å². The quantitative estimate of drug-likeness (QED) is 0.468. The summed E-state index contributed by atoms with van der Waals surface area (Å²) in [5.74, 6) is -0.335. The van der Waals surface area contributed by atoms with E-state index in [0.717, 1.165) is 11.3 Å². The van der Waals surface area contributed by atoms with Gasteiger partial charge in [0.25, 0.3) is 11.6 Å². The van der Waals surface area contributed by atoms with Crippen LogP contribution in [-0.2, 0) is 4.79 Å². The Hall–Kier alpha value is -2.93. The zero-order valence-electron chi connectivity index (χ0n) is 13.7. The molecule has 130 valence electrons. The molecule has 7 nitrogen and oxygen atoms in total. The number of nitro groups is 1. The molecule has 0 saturated carbocycles. The molecule has 2 rings (SSSR count). The van der Waals surface area contributed by atoms with Crippen LogP contribution < -0.4 is 10.7 Å². The maximum Gasteiger partial charge on any atom is 0.288 e. The highest BCUT2D eigenvalue weighted by atomic mass is 35.5. The van der Waals surface area contributed by atoms with E-state index >= 15 is 0 Å². The zero-order valence-corrected chi connectivity index (χ0v) is 14.5. The predicted molar refractivity (Wildman–Crippen MR) is 98.2 cm³/mol. The summed E-state index contributed by atoms with van der Waals surface area (Å²) < 4.78 is 0. The van der Waals surface area contributed by atoms with Gasteiger partial charge in [0.2, 0.25) is 0 Å². The van der Waals surface area contributed by atoms with Gasteiger partial charge in [0.1, 0.15) is 5.02 Å². The van der Waals surface area contributed by atoms with Crippen LogP contribution in [-0.4, -0.2) is 23.6 Å². The number of rotatable bonds is 6. The number of halogens is 1. The number of carbonyl (C=O) groups excluding carboxylic acids is 1. The molecule has 2 aromatic rings. The van der Waals surface area contributed by atoms with Crippen molar-refractivity contribution in [3.05, 3.63) is 68.2 Å². The number of hydrogen-bond donors (Lipinski definition) is 2. The first-order valence-electron chi connectivity index (χ1n) is 7.44. The molecule has 0 aliphatic carbocycles. The van der Waals surface area contributed by atoms with Crippen LogP contribution in [0.3, 0.4) is 0 Å². The van der Waals surface area contributed by atoms with Gasteiger partial charge < -0.3 is 5.32 Å². The van der Waals surface area contributed by atoms with E-state index in [1.807, 2.05) is 32.0 Å². The summed E-state index contributed by atoms with van der Waals surface area (Å²) in [5.41, 5.74) is 5.75. The van der Waals surface area contributed by atoms with Crippen molar-refractivity contribution in [2.45, 2.75) is 13.8 Å². The number of nitro benzene ring substituents is 1. The highest BCUT2D eigenvalue weighted by Crippen LogP contribution is 2.24. The van der Waals surface area contributed by atoms with Crippen molar-refractivity contribution in [3.8, 4) is 0 Å². The summed E-state index contributed by atoms with van der Waals surface area (Å²) in [7, 11) is 0. The molecular formula is C17H17ClN4O3. The van der Waals surface area contributed by atoms with Crippen molar-refractivity contribution in [2.75, 3.05) is 11.9 Å². The van der Waals surface area contributed by atoms with Crippen LogP contribution in [0.15, 0.2) is 41.5 Å². The van der Waals surface area contributed by atoms with Crippen molar-refractivity contribution in [1.29, 1.82) is 0 Å². The van der Waals surface area contributed by atoms with Crippen LogP contribution >= 0.6 is 11.6 Å². The van der Waals surface area contributed by atoms with Gasteiger partial charge in [0, 0.05) is 17.3 Å². The number of anilines is 1. The Kier molecular flexibility index (Phi) is 6.08. The molecule has 1 amide bonds. The first-order valence-corrected chi connectivity index (χ1v) is 7.81. The molecule has 0 heterocycles. The molecule has 0 bridgehead atoms. The summed E-state index contributed by atoms with van der Waals surface area (Å²) in [6, 6.07) is 10.1. The third-order valence-electron chi connectivity index (χ3n) is 3.53. The van der Waals surface area contributed by atoms with Crippen LogP contribution in [0.25, 0.3) is 0 Å². The fourth-order valence-electron chi connectivity index (χ4n) is 2.00. The largest absolute Gasteiger partial charge is 0.376 e. The normalized spacial score (nSPS) is 10.7. The highest BCUT2D eigenvalue weighted by molar-refractivity contribution is 6.32. The molecule has 0 aliphatic heterocycles. The predicted octanol–water partition coefficient (Wildman–Crippen LogP) is 3.43. The smallest absolute Gasteiger partial charge is 0.288 e. The third kappa shape index (κ3) is 5.29. The standard InChI is InChI=1S/C17H17ClN4O3/c1-11-3-5-14(7-12(11)2)19-10-17(23)21-20-9-13-4-6-15(18)16(8-13)22(24)25/h3-9,19H,10H2,1-2H3,(H,21,23)/b20-9-. The molecule has 8 heteroatoms. The van der Waals surface area contributed by atoms with E-state index in [1.54, 1.807) is 6.07 Å². The molecule has 0 fully saturated rings. The Morgan fingerprint density at radius 3 is 2.68 bits per heavy atom. The van der Waals surface area contributed by atoms with Crippen molar-refractivity contribution in [1.82, 2.24) is 5.43 Å². The lowest BCUT2D eigenvalue weighted by atomic mass is 10.1. The molecule has 0 atom stereocenters. The van der Waals surface area contributed by atoms with E-state index in [-0.39, 0.29) is 23.2 Å². The SMILES string of the molecule is Cc1ccc(NCC(=O)N/N=C\c2ccc(Cl)c([N+](=O)[O-])c2)cc1C. The van der Waals surface area contributed by atoms with Gasteiger partial charge >= 0.3 is 0 Å². The Balaban J connectivity index is 1.89. The molecule has 0 saturated heterocycles. The minimum atomic E-state index is -0.578. The van der Waals surface area contributed by atoms with E-state index in [1.165, 1.54) is 23.9 Å². The minimum Gasteiger partial charge on any atom is -0.376 e. The van der Waals surface area contributed by atoms with Gasteiger partial charge in [0.15, 0.2) is 0 Å². The van der Waals surface area contributed by atoms with Crippen LogP contribution in [0, 0.1) is 24.0 Å². The first-order chi connectivity index (χ1) is 11.9. The van der Waals surface area contributed by atoms with Gasteiger partial charge in [-0.15, -0.1) is 0 Å². The molecule has 2 aromatic carbocycles. The second-order valence-electron chi connectivity index (χ2n) is 5.41. The average Bonchev–Trinajstić information content (AvgIpc) is 2.57. The lowest BCUT2D eigenvalue weighted by Crippen LogP contribution is -2.25. The number of carbonyl (C=O) groups is 1. The van der Waals surface area contributed by atoms with Gasteiger partial charge in [-0.3, -0.25) is 14.9 Å². The summed E-state index contributed by atoms with van der Waals surface area (Å²) in [5, 5.41) is 17.6. The fraction of sp³-hybridized carbons (Fsp3) is 0.176.